The number of carbonyl (C=O) groups excluding carboxylic acids is 2. The third-order valence-electron chi connectivity index (χ3n) is 7.46. The van der Waals surface area contributed by atoms with E-state index < -0.39 is 88.5 Å². The average Bonchev–Trinajstić information content (AvgIpc) is 2.89. The molecule has 1 fully saturated rings. The van der Waals surface area contributed by atoms with Gasteiger partial charge in [-0.3, -0.25) is 9.59 Å². The average molecular weight is 685 g/mol. The van der Waals surface area contributed by atoms with Crippen molar-refractivity contribution in [3.05, 3.63) is 17.5 Å². The first kappa shape index (κ1) is 38.8. The summed E-state index contributed by atoms with van der Waals surface area (Å²) in [5.74, 6) is -7.77. The lowest BCUT2D eigenvalue weighted by molar-refractivity contribution is -0.127. The van der Waals surface area contributed by atoms with E-state index in [1.54, 1.807) is 0 Å². The molecule has 0 saturated heterocycles. The van der Waals surface area contributed by atoms with Gasteiger partial charge in [0.25, 0.3) is 0 Å². The predicted octanol–water partition coefficient (Wildman–Crippen LogP) is 3.90. The minimum absolute atomic E-state index is 0.198. The normalized spacial score (nSPS) is 15.4. The first-order valence-corrected chi connectivity index (χ1v) is 18.5. The monoisotopic (exact) mass is 684 g/mol. The molecule has 1 saturated carbocycles. The van der Waals surface area contributed by atoms with Crippen molar-refractivity contribution in [2.75, 3.05) is 30.8 Å². The lowest BCUT2D eigenvalue weighted by atomic mass is 9.96. The van der Waals surface area contributed by atoms with Gasteiger partial charge in [-0.2, -0.15) is 0 Å². The lowest BCUT2D eigenvalue weighted by Crippen LogP contribution is -2.41. The van der Waals surface area contributed by atoms with Crippen LogP contribution in [0.25, 0.3) is 0 Å². The second-order valence-corrected chi connectivity index (χ2v) is 16.0. The van der Waals surface area contributed by atoms with Crippen LogP contribution in [-0.4, -0.2) is 65.7 Å². The van der Waals surface area contributed by atoms with Gasteiger partial charge < -0.3 is 20.7 Å². The first-order valence-electron chi connectivity index (χ1n) is 15.3. The van der Waals surface area contributed by atoms with E-state index >= 15 is 8.78 Å². The van der Waals surface area contributed by atoms with Crippen LogP contribution < -0.4 is 21.1 Å². The molecule has 5 N–H and O–H groups in total. The van der Waals surface area contributed by atoms with Gasteiger partial charge in [-0.05, 0) is 39.0 Å². The molecule has 45 heavy (non-hydrogen) atoms. The van der Waals surface area contributed by atoms with Crippen LogP contribution in [-0.2, 0) is 34.2 Å². The second-order valence-electron chi connectivity index (χ2n) is 12.4. The van der Waals surface area contributed by atoms with Gasteiger partial charge >= 0.3 is 0 Å². The van der Waals surface area contributed by atoms with Crippen LogP contribution in [0.15, 0.2) is 9.79 Å². The number of hydrogen-bond donors (Lipinski definition) is 4. The zero-order valence-corrected chi connectivity index (χ0v) is 28.1. The van der Waals surface area contributed by atoms with Crippen molar-refractivity contribution in [3.8, 4) is 0 Å². The highest BCUT2D eigenvalue weighted by Gasteiger charge is 2.37. The number of primary sulfonamides is 1. The predicted molar refractivity (Wildman–Crippen MR) is 164 cm³/mol. The number of amides is 2. The van der Waals surface area contributed by atoms with Crippen LogP contribution in [0, 0.1) is 23.4 Å². The number of rotatable bonds is 16. The number of anilines is 1. The summed E-state index contributed by atoms with van der Waals surface area (Å²) in [4.78, 5) is 21.4. The summed E-state index contributed by atoms with van der Waals surface area (Å²) < 4.78 is 102. The van der Waals surface area contributed by atoms with E-state index in [4.69, 9.17) is 9.88 Å². The van der Waals surface area contributed by atoms with Gasteiger partial charge in [-0.15, -0.1) is 0 Å². The van der Waals surface area contributed by atoms with Crippen LogP contribution in [0.5, 0.6) is 0 Å². The molecule has 0 aliphatic heterocycles. The number of nitrogens with two attached hydrogens (primary N) is 1. The van der Waals surface area contributed by atoms with Crippen LogP contribution in [0.1, 0.15) is 91.9 Å². The molecule has 1 aromatic rings. The van der Waals surface area contributed by atoms with Crippen LogP contribution in [0.3, 0.4) is 0 Å². The summed E-state index contributed by atoms with van der Waals surface area (Å²) in [6.07, 6.45) is 5.47. The van der Waals surface area contributed by atoms with Crippen LogP contribution in [0.2, 0.25) is 0 Å². The smallest absolute Gasteiger partial charge is 0.244 e. The first-order chi connectivity index (χ1) is 20.9. The largest absolute Gasteiger partial charge is 0.379 e. The molecule has 16 heteroatoms. The summed E-state index contributed by atoms with van der Waals surface area (Å²) in [5, 5.41) is 12.5. The summed E-state index contributed by atoms with van der Waals surface area (Å²) in [5.41, 5.74) is -1.63. The number of nitrogens with one attached hydrogen (secondary N) is 3. The number of sulfonamides is 1. The molecular weight excluding hydrogens is 637 g/mol. The molecular formula is C29H47F3N4O7S2. The van der Waals surface area contributed by atoms with Crippen LogP contribution in [0.4, 0.5) is 18.9 Å². The maximum Gasteiger partial charge on any atom is 0.244 e. The number of benzene rings is 1. The van der Waals surface area contributed by atoms with Gasteiger partial charge in [0.15, 0.2) is 32.2 Å². The molecule has 1 aliphatic rings. The molecule has 1 aromatic carbocycles. The molecule has 0 atom stereocenters. The summed E-state index contributed by atoms with van der Waals surface area (Å²) in [7, 11) is -9.93. The van der Waals surface area contributed by atoms with Gasteiger partial charge in [0, 0.05) is 38.6 Å². The van der Waals surface area contributed by atoms with E-state index in [0.29, 0.717) is 38.2 Å². The zero-order valence-electron chi connectivity index (χ0n) is 26.4. The van der Waals surface area contributed by atoms with E-state index in [2.05, 4.69) is 29.8 Å². The Morgan fingerprint density at radius 2 is 1.42 bits per heavy atom. The van der Waals surface area contributed by atoms with Gasteiger partial charge in [0.05, 0.1) is 17.0 Å². The van der Waals surface area contributed by atoms with E-state index in [1.807, 2.05) is 13.8 Å². The fraction of sp³-hybridized carbons (Fsp3) is 0.724. The van der Waals surface area contributed by atoms with Gasteiger partial charge in [0.2, 0.25) is 21.8 Å². The Hall–Kier alpha value is -2.43. The summed E-state index contributed by atoms with van der Waals surface area (Å²) >= 11 is 0. The van der Waals surface area contributed by atoms with Crippen molar-refractivity contribution in [1.82, 2.24) is 10.6 Å². The second kappa shape index (κ2) is 16.9. The SMILES string of the molecule is CC(C)CCOC(C)(C)CNC(=O)CCC(=O)NCCS(=O)(=O)c1c(F)c(F)c(S(N)(=O)=O)c(F)c1NC1CCCCCCC1. The fourth-order valence-electron chi connectivity index (χ4n) is 4.86. The summed E-state index contributed by atoms with van der Waals surface area (Å²) in [6.45, 7) is 7.96. The molecule has 0 aromatic heterocycles. The van der Waals surface area contributed by atoms with E-state index in [0.717, 1.165) is 25.7 Å². The number of carbonyl (C=O) groups is 2. The van der Waals surface area contributed by atoms with Crippen molar-refractivity contribution in [2.24, 2.45) is 11.1 Å². The third kappa shape index (κ3) is 12.4. The molecule has 11 nitrogen and oxygen atoms in total. The molecule has 0 heterocycles. The zero-order chi connectivity index (χ0) is 34.0. The maximum absolute atomic E-state index is 15.5. The molecule has 258 valence electrons. The topological polar surface area (TPSA) is 174 Å². The number of ether oxygens (including phenoxy) is 1. The summed E-state index contributed by atoms with van der Waals surface area (Å²) in [6, 6.07) is -0.532. The molecule has 0 radical (unpaired) electrons. The quantitative estimate of drug-likeness (QED) is 0.190. The van der Waals surface area contributed by atoms with E-state index in [9.17, 15) is 30.8 Å². The molecule has 2 rings (SSSR count). The van der Waals surface area contributed by atoms with Gasteiger partial charge in [-0.25, -0.2) is 35.1 Å². The highest BCUT2D eigenvalue weighted by Crippen LogP contribution is 2.36. The van der Waals surface area contributed by atoms with Crippen molar-refractivity contribution in [2.45, 2.75) is 113 Å². The maximum atomic E-state index is 15.5. The standard InChI is InChI=1S/C29H47F3N4O7S2/c1-19(2)14-16-43-29(3,4)18-35-22(38)13-12-21(37)34-15-17-44(39,40)28-24(31)23(30)27(45(33,41)42)25(32)26(28)36-20-10-8-6-5-7-9-11-20/h19-20,36H,5-18H2,1-4H3,(H,34,37)(H,35,38)(H2,33,41,42). The molecule has 2 amide bonds. The van der Waals surface area contributed by atoms with Crippen molar-refractivity contribution >= 4 is 37.4 Å². The number of hydrogen-bond acceptors (Lipinski definition) is 8. The van der Waals surface area contributed by atoms with Gasteiger partial charge in [-0.1, -0.05) is 46.0 Å². The Balaban J connectivity index is 2.09. The molecule has 0 bridgehead atoms. The highest BCUT2D eigenvalue weighted by atomic mass is 32.2. The minimum atomic E-state index is -5.11. The number of sulfone groups is 1. The third-order valence-corrected chi connectivity index (χ3v) is 10.1. The van der Waals surface area contributed by atoms with Crippen molar-refractivity contribution in [3.63, 3.8) is 0 Å². The van der Waals surface area contributed by atoms with Gasteiger partial charge in [0.1, 0.15) is 4.90 Å². The Kier molecular flexibility index (Phi) is 14.6. The fourth-order valence-corrected chi connectivity index (χ4v) is 6.95. The van der Waals surface area contributed by atoms with Crippen molar-refractivity contribution in [1.29, 1.82) is 0 Å². The molecule has 1 aliphatic carbocycles. The Morgan fingerprint density at radius 3 is 1.98 bits per heavy atom. The van der Waals surface area contributed by atoms with Crippen molar-refractivity contribution < 1.29 is 44.3 Å². The molecule has 0 unspecified atom stereocenters. The minimum Gasteiger partial charge on any atom is -0.379 e. The Labute approximate surface area is 264 Å². The molecule has 0 spiro atoms. The van der Waals surface area contributed by atoms with E-state index in [1.165, 1.54) is 0 Å². The van der Waals surface area contributed by atoms with E-state index in [-0.39, 0.29) is 19.4 Å². The highest BCUT2D eigenvalue weighted by molar-refractivity contribution is 7.91. The Bertz CT molecular complexity index is 1400. The number of halogens is 3. The lowest BCUT2D eigenvalue weighted by Gasteiger charge is -2.26. The Morgan fingerprint density at radius 1 is 0.889 bits per heavy atom. The van der Waals surface area contributed by atoms with Crippen LogP contribution >= 0.6 is 0 Å².